The molecule has 1 amide bonds. The van der Waals surface area contributed by atoms with E-state index in [1.807, 2.05) is 0 Å². The van der Waals surface area contributed by atoms with Gasteiger partial charge in [-0.3, -0.25) is 9.10 Å². The van der Waals surface area contributed by atoms with Crippen LogP contribution in [0.2, 0.25) is 0 Å². The monoisotopic (exact) mass is 480 g/mol. The average molecular weight is 481 g/mol. The topological polar surface area (TPSA) is 101 Å². The van der Waals surface area contributed by atoms with Gasteiger partial charge in [0.1, 0.15) is 0 Å². The molecule has 0 radical (unpaired) electrons. The van der Waals surface area contributed by atoms with Gasteiger partial charge in [0, 0.05) is 12.7 Å². The Morgan fingerprint density at radius 1 is 0.938 bits per heavy atom. The largest absolute Gasteiger partial charge is 0.322 e. The van der Waals surface area contributed by atoms with E-state index in [-0.39, 0.29) is 21.9 Å². The summed E-state index contributed by atoms with van der Waals surface area (Å²) in [6, 6.07) is 12.4. The highest BCUT2D eigenvalue weighted by atomic mass is 32.2. The Bertz CT molecular complexity index is 1130. The minimum atomic E-state index is -3.54. The highest BCUT2D eigenvalue weighted by Crippen LogP contribution is 2.23. The lowest BCUT2D eigenvalue weighted by molar-refractivity contribution is 0.102. The van der Waals surface area contributed by atoms with E-state index in [1.54, 1.807) is 18.2 Å². The van der Waals surface area contributed by atoms with Gasteiger partial charge in [0.2, 0.25) is 10.0 Å². The van der Waals surface area contributed by atoms with Crippen molar-refractivity contribution in [2.24, 2.45) is 5.92 Å². The Hall–Kier alpha value is -2.39. The molecule has 0 spiro atoms. The van der Waals surface area contributed by atoms with Crippen molar-refractivity contribution in [2.45, 2.75) is 44.4 Å². The summed E-state index contributed by atoms with van der Waals surface area (Å²) < 4.78 is 49.9. The molecule has 1 N–H and O–H groups in total. The van der Waals surface area contributed by atoms with E-state index in [0.717, 1.165) is 29.8 Å². The Balaban J connectivity index is 2.06. The number of unbranched alkanes of at least 4 members (excludes halogenated alkanes) is 2. The third-order valence-electron chi connectivity index (χ3n) is 5.15. The second-order valence-corrected chi connectivity index (χ2v) is 12.4. The summed E-state index contributed by atoms with van der Waals surface area (Å²) in [5, 5.41) is 2.70. The summed E-state index contributed by atoms with van der Waals surface area (Å²) in [7, 11) is -5.54. The first-order valence-electron chi connectivity index (χ1n) is 10.6. The second kappa shape index (κ2) is 11.0. The number of carbonyl (C=O) groups excluding carboxylic acids is 1. The molecule has 0 saturated heterocycles. The molecule has 2 rings (SSSR count). The summed E-state index contributed by atoms with van der Waals surface area (Å²) in [4.78, 5) is 13.0. The molecule has 0 saturated carbocycles. The number of sulfonamides is 1. The van der Waals surface area contributed by atoms with Gasteiger partial charge in [0.25, 0.3) is 5.91 Å². The van der Waals surface area contributed by atoms with Crippen molar-refractivity contribution in [1.82, 2.24) is 0 Å². The van der Waals surface area contributed by atoms with Gasteiger partial charge in [-0.1, -0.05) is 45.2 Å². The number of carbonyl (C=O) groups is 1. The maximum absolute atomic E-state index is 12.7. The van der Waals surface area contributed by atoms with Gasteiger partial charge in [-0.2, -0.15) is 0 Å². The van der Waals surface area contributed by atoms with E-state index in [4.69, 9.17) is 0 Å². The van der Waals surface area contributed by atoms with Crippen LogP contribution in [0.15, 0.2) is 53.4 Å². The standard InChI is InChI=1S/C23H32N2O5S2/c1-18(2)10-6-5-9-17-32(29,30)20-15-13-19(14-16-20)24-23(26)21-11-7-8-12-22(21)25(3)31(4,27)28/h7-8,11-16,18H,5-6,9-10,17H2,1-4H3,(H,24,26). The van der Waals surface area contributed by atoms with Crippen LogP contribution in [0.25, 0.3) is 0 Å². The van der Waals surface area contributed by atoms with Crippen LogP contribution in [0.5, 0.6) is 0 Å². The molecule has 0 atom stereocenters. The number of rotatable bonds is 11. The van der Waals surface area contributed by atoms with E-state index < -0.39 is 25.8 Å². The summed E-state index contributed by atoms with van der Waals surface area (Å²) in [5.41, 5.74) is 0.866. The molecule has 32 heavy (non-hydrogen) atoms. The third-order valence-corrected chi connectivity index (χ3v) is 8.16. The van der Waals surface area contributed by atoms with Crippen LogP contribution < -0.4 is 9.62 Å². The van der Waals surface area contributed by atoms with Crippen LogP contribution in [0.3, 0.4) is 0 Å². The van der Waals surface area contributed by atoms with Crippen LogP contribution >= 0.6 is 0 Å². The molecule has 2 aromatic rings. The van der Waals surface area contributed by atoms with Crippen LogP contribution in [-0.2, 0) is 19.9 Å². The molecule has 0 bridgehead atoms. The van der Waals surface area contributed by atoms with Crippen LogP contribution in [0, 0.1) is 5.92 Å². The molecule has 0 aliphatic rings. The lowest BCUT2D eigenvalue weighted by Crippen LogP contribution is -2.27. The first-order chi connectivity index (χ1) is 14.9. The maximum atomic E-state index is 12.7. The summed E-state index contributed by atoms with van der Waals surface area (Å²) in [6.07, 6.45) is 4.68. The highest BCUT2D eigenvalue weighted by Gasteiger charge is 2.20. The van der Waals surface area contributed by atoms with Gasteiger partial charge < -0.3 is 5.32 Å². The van der Waals surface area contributed by atoms with E-state index in [9.17, 15) is 21.6 Å². The average Bonchev–Trinajstić information content (AvgIpc) is 2.72. The highest BCUT2D eigenvalue weighted by molar-refractivity contribution is 7.92. The lowest BCUT2D eigenvalue weighted by atomic mass is 10.1. The second-order valence-electron chi connectivity index (χ2n) is 8.29. The predicted octanol–water partition coefficient (Wildman–Crippen LogP) is 4.32. The zero-order valence-electron chi connectivity index (χ0n) is 19.0. The Labute approximate surface area is 191 Å². The molecule has 7 nitrogen and oxygen atoms in total. The number of para-hydroxylation sites is 1. The van der Waals surface area contributed by atoms with E-state index >= 15 is 0 Å². The summed E-state index contributed by atoms with van der Waals surface area (Å²) >= 11 is 0. The van der Waals surface area contributed by atoms with E-state index in [2.05, 4.69) is 19.2 Å². The van der Waals surface area contributed by atoms with Gasteiger partial charge in [-0.25, -0.2) is 16.8 Å². The van der Waals surface area contributed by atoms with Gasteiger partial charge in [0.15, 0.2) is 9.84 Å². The van der Waals surface area contributed by atoms with Gasteiger partial charge >= 0.3 is 0 Å². The number of hydrogen-bond donors (Lipinski definition) is 1. The number of nitrogens with one attached hydrogen (secondary N) is 1. The van der Waals surface area contributed by atoms with Crippen LogP contribution in [-0.4, -0.2) is 41.8 Å². The fourth-order valence-corrected chi connectivity index (χ4v) is 5.09. The zero-order valence-corrected chi connectivity index (χ0v) is 20.7. The molecule has 176 valence electrons. The lowest BCUT2D eigenvalue weighted by Gasteiger charge is -2.19. The van der Waals surface area contributed by atoms with E-state index in [1.165, 1.54) is 37.4 Å². The predicted molar refractivity (Wildman–Crippen MR) is 129 cm³/mol. The summed E-state index contributed by atoms with van der Waals surface area (Å²) in [6.45, 7) is 4.30. The van der Waals surface area contributed by atoms with Gasteiger partial charge in [-0.05, 0) is 48.7 Å². The maximum Gasteiger partial charge on any atom is 0.257 e. The fourth-order valence-electron chi connectivity index (χ4n) is 3.20. The quantitative estimate of drug-likeness (QED) is 0.483. The smallest absolute Gasteiger partial charge is 0.257 e. The Morgan fingerprint density at radius 3 is 2.16 bits per heavy atom. The molecule has 0 aromatic heterocycles. The minimum Gasteiger partial charge on any atom is -0.322 e. The number of hydrogen-bond acceptors (Lipinski definition) is 5. The number of sulfone groups is 1. The Morgan fingerprint density at radius 2 is 1.56 bits per heavy atom. The minimum absolute atomic E-state index is 0.0992. The van der Waals surface area contributed by atoms with Crippen LogP contribution in [0.4, 0.5) is 11.4 Å². The number of nitrogens with zero attached hydrogens (tertiary/aromatic N) is 1. The number of benzene rings is 2. The third kappa shape index (κ3) is 7.34. The van der Waals surface area contributed by atoms with Crippen molar-refractivity contribution < 1.29 is 21.6 Å². The first kappa shape index (κ1) is 25.9. The first-order valence-corrected chi connectivity index (χ1v) is 14.1. The van der Waals surface area contributed by atoms with Crippen molar-refractivity contribution in [3.63, 3.8) is 0 Å². The molecule has 0 unspecified atom stereocenters. The normalized spacial score (nSPS) is 12.0. The molecule has 2 aromatic carbocycles. The number of amides is 1. The van der Waals surface area contributed by atoms with Crippen LogP contribution in [0.1, 0.15) is 49.9 Å². The molecule has 0 aliphatic carbocycles. The molecule has 0 fully saturated rings. The molecule has 0 heterocycles. The summed E-state index contributed by atoms with van der Waals surface area (Å²) in [5.74, 6) is 0.229. The molecule has 0 aliphatic heterocycles. The SMILES string of the molecule is CC(C)CCCCCS(=O)(=O)c1ccc(NC(=O)c2ccccc2N(C)S(C)(=O)=O)cc1. The van der Waals surface area contributed by atoms with Crippen molar-refractivity contribution in [3.8, 4) is 0 Å². The fraction of sp³-hybridized carbons (Fsp3) is 0.435. The van der Waals surface area contributed by atoms with Gasteiger partial charge in [0.05, 0.1) is 28.2 Å². The molecule has 9 heteroatoms. The molecular weight excluding hydrogens is 448 g/mol. The molecular formula is C23H32N2O5S2. The van der Waals surface area contributed by atoms with Crippen molar-refractivity contribution >= 4 is 37.1 Å². The Kier molecular flexibility index (Phi) is 8.86. The van der Waals surface area contributed by atoms with Gasteiger partial charge in [-0.15, -0.1) is 0 Å². The van der Waals surface area contributed by atoms with E-state index in [0.29, 0.717) is 18.0 Å². The van der Waals surface area contributed by atoms with Crippen molar-refractivity contribution in [2.75, 3.05) is 28.7 Å². The number of anilines is 2. The van der Waals surface area contributed by atoms with Crippen molar-refractivity contribution in [1.29, 1.82) is 0 Å². The van der Waals surface area contributed by atoms with Crippen molar-refractivity contribution in [3.05, 3.63) is 54.1 Å². The zero-order chi connectivity index (χ0) is 23.9.